The van der Waals surface area contributed by atoms with Crippen LogP contribution in [0.5, 0.6) is 0 Å². The summed E-state index contributed by atoms with van der Waals surface area (Å²) in [5, 5.41) is 3.01. The van der Waals surface area contributed by atoms with Crippen LogP contribution in [0.1, 0.15) is 43.6 Å². The zero-order valence-electron chi connectivity index (χ0n) is 12.7. The molecule has 0 radical (unpaired) electrons. The Morgan fingerprint density at radius 2 is 2.15 bits per heavy atom. The molecule has 1 aliphatic rings. The summed E-state index contributed by atoms with van der Waals surface area (Å²) in [6.07, 6.45) is 5.15. The molecule has 1 amide bonds. The Kier molecular flexibility index (Phi) is 4.99. The lowest BCUT2D eigenvalue weighted by atomic mass is 9.89. The Balaban J connectivity index is 2.01. The first-order valence-electron chi connectivity index (χ1n) is 7.55. The van der Waals surface area contributed by atoms with Crippen LogP contribution in [-0.4, -0.2) is 35.9 Å². The van der Waals surface area contributed by atoms with Crippen molar-refractivity contribution in [3.63, 3.8) is 0 Å². The Labute approximate surface area is 121 Å². The van der Waals surface area contributed by atoms with E-state index < -0.39 is 0 Å². The molecule has 4 heteroatoms. The molecule has 4 nitrogen and oxygen atoms in total. The molecule has 2 rings (SSSR count). The highest BCUT2D eigenvalue weighted by Crippen LogP contribution is 2.25. The number of aromatic nitrogens is 1. The first-order valence-corrected chi connectivity index (χ1v) is 7.55. The van der Waals surface area contributed by atoms with Crippen LogP contribution in [0, 0.1) is 11.8 Å². The van der Waals surface area contributed by atoms with Gasteiger partial charge in [-0.05, 0) is 43.2 Å². The molecular weight excluding hydrogens is 250 g/mol. The number of nitrogens with one attached hydrogen (secondary N) is 1. The zero-order chi connectivity index (χ0) is 14.5. The van der Waals surface area contributed by atoms with Gasteiger partial charge in [0.1, 0.15) is 5.69 Å². The summed E-state index contributed by atoms with van der Waals surface area (Å²) in [7, 11) is 1.85. The van der Waals surface area contributed by atoms with E-state index in [4.69, 9.17) is 0 Å². The van der Waals surface area contributed by atoms with E-state index in [-0.39, 0.29) is 5.91 Å². The van der Waals surface area contributed by atoms with Gasteiger partial charge in [-0.2, -0.15) is 0 Å². The van der Waals surface area contributed by atoms with Crippen LogP contribution < -0.4 is 5.32 Å². The molecule has 20 heavy (non-hydrogen) atoms. The number of likely N-dealkylation sites (tertiary alicyclic amines) is 1. The molecule has 0 saturated carbocycles. The van der Waals surface area contributed by atoms with Gasteiger partial charge in [0.05, 0.1) is 11.9 Å². The summed E-state index contributed by atoms with van der Waals surface area (Å²) in [5.41, 5.74) is 1.48. The van der Waals surface area contributed by atoms with Gasteiger partial charge in [0, 0.05) is 20.1 Å². The summed E-state index contributed by atoms with van der Waals surface area (Å²) < 4.78 is 0. The van der Waals surface area contributed by atoms with Crippen molar-refractivity contribution in [3.8, 4) is 0 Å². The number of nitrogens with zero attached hydrogens (tertiary/aromatic N) is 2. The van der Waals surface area contributed by atoms with E-state index >= 15 is 0 Å². The summed E-state index contributed by atoms with van der Waals surface area (Å²) >= 11 is 0. The fraction of sp³-hybridized carbons (Fsp3) is 0.625. The van der Waals surface area contributed by atoms with Crippen LogP contribution in [0.15, 0.2) is 18.3 Å². The second kappa shape index (κ2) is 6.73. The minimum atomic E-state index is 0.0667. The van der Waals surface area contributed by atoms with Gasteiger partial charge in [-0.15, -0.1) is 0 Å². The topological polar surface area (TPSA) is 45.2 Å². The van der Waals surface area contributed by atoms with E-state index in [2.05, 4.69) is 24.1 Å². The number of rotatable bonds is 3. The Morgan fingerprint density at radius 1 is 1.35 bits per heavy atom. The van der Waals surface area contributed by atoms with Crippen LogP contribution in [0.25, 0.3) is 0 Å². The number of amides is 1. The van der Waals surface area contributed by atoms with Gasteiger partial charge in [0.2, 0.25) is 0 Å². The van der Waals surface area contributed by atoms with Crippen LogP contribution in [-0.2, 0) is 0 Å². The number of carbonyl (C=O) groups excluding carboxylic acids is 1. The van der Waals surface area contributed by atoms with Crippen molar-refractivity contribution in [2.75, 3.05) is 25.5 Å². The molecule has 1 aromatic rings. The van der Waals surface area contributed by atoms with Gasteiger partial charge in [-0.25, -0.2) is 4.98 Å². The highest BCUT2D eigenvalue weighted by atomic mass is 16.2. The fourth-order valence-electron chi connectivity index (χ4n) is 2.82. The summed E-state index contributed by atoms with van der Waals surface area (Å²) in [4.78, 5) is 18.7. The highest BCUT2D eigenvalue weighted by molar-refractivity contribution is 5.92. The van der Waals surface area contributed by atoms with Crippen LogP contribution >= 0.6 is 0 Å². The van der Waals surface area contributed by atoms with Crippen molar-refractivity contribution in [3.05, 3.63) is 24.0 Å². The summed E-state index contributed by atoms with van der Waals surface area (Å²) in [6.45, 7) is 6.27. The number of anilines is 1. The molecule has 2 heterocycles. The van der Waals surface area contributed by atoms with E-state index in [1.807, 2.05) is 18.0 Å². The van der Waals surface area contributed by atoms with Gasteiger partial charge in [0.25, 0.3) is 5.91 Å². The van der Waals surface area contributed by atoms with Crippen molar-refractivity contribution < 1.29 is 4.79 Å². The minimum absolute atomic E-state index is 0.0667. The third-order valence-electron chi connectivity index (χ3n) is 4.27. The Hall–Kier alpha value is -1.58. The second-order valence-electron chi connectivity index (χ2n) is 5.91. The van der Waals surface area contributed by atoms with Crippen LogP contribution in [0.4, 0.5) is 5.69 Å². The lowest BCUT2D eigenvalue weighted by Crippen LogP contribution is -2.32. The van der Waals surface area contributed by atoms with Crippen molar-refractivity contribution in [1.29, 1.82) is 0 Å². The van der Waals surface area contributed by atoms with Gasteiger partial charge in [-0.1, -0.05) is 13.8 Å². The largest absolute Gasteiger partial charge is 0.387 e. The smallest absolute Gasteiger partial charge is 0.272 e. The zero-order valence-corrected chi connectivity index (χ0v) is 12.7. The number of carbonyl (C=O) groups is 1. The molecule has 1 saturated heterocycles. The molecule has 1 unspecified atom stereocenters. The second-order valence-corrected chi connectivity index (χ2v) is 5.91. The van der Waals surface area contributed by atoms with Crippen molar-refractivity contribution in [2.24, 2.45) is 11.8 Å². The SMILES string of the molecule is CNc1ccc(C(=O)N2CCCC(C(C)C)CC2)nc1. The molecule has 1 N–H and O–H groups in total. The minimum Gasteiger partial charge on any atom is -0.387 e. The van der Waals surface area contributed by atoms with Gasteiger partial charge >= 0.3 is 0 Å². The maximum atomic E-state index is 12.5. The molecule has 0 bridgehead atoms. The molecule has 0 aromatic carbocycles. The number of pyridine rings is 1. The quantitative estimate of drug-likeness (QED) is 0.922. The number of hydrogen-bond acceptors (Lipinski definition) is 3. The van der Waals surface area contributed by atoms with Gasteiger partial charge in [-0.3, -0.25) is 4.79 Å². The fourth-order valence-corrected chi connectivity index (χ4v) is 2.82. The first-order chi connectivity index (χ1) is 9.61. The molecule has 1 atom stereocenters. The third-order valence-corrected chi connectivity index (χ3v) is 4.27. The number of hydrogen-bond donors (Lipinski definition) is 1. The monoisotopic (exact) mass is 275 g/mol. The Morgan fingerprint density at radius 3 is 2.75 bits per heavy atom. The average molecular weight is 275 g/mol. The van der Waals surface area contributed by atoms with Crippen LogP contribution in [0.2, 0.25) is 0 Å². The molecule has 1 aromatic heterocycles. The lowest BCUT2D eigenvalue weighted by molar-refractivity contribution is 0.0753. The Bertz CT molecular complexity index is 442. The van der Waals surface area contributed by atoms with Gasteiger partial charge < -0.3 is 10.2 Å². The van der Waals surface area contributed by atoms with E-state index in [0.717, 1.165) is 37.5 Å². The predicted molar refractivity (Wildman–Crippen MR) is 81.9 cm³/mol. The standard InChI is InChI=1S/C16H25N3O/c1-12(2)13-5-4-9-19(10-8-13)16(20)15-7-6-14(17-3)11-18-15/h6-7,11-13,17H,4-5,8-10H2,1-3H3. The average Bonchev–Trinajstić information content (AvgIpc) is 2.72. The first kappa shape index (κ1) is 14.8. The summed E-state index contributed by atoms with van der Waals surface area (Å²) in [5.74, 6) is 1.52. The van der Waals surface area contributed by atoms with E-state index in [1.165, 1.54) is 6.42 Å². The molecule has 1 fully saturated rings. The van der Waals surface area contributed by atoms with Crippen molar-refractivity contribution in [1.82, 2.24) is 9.88 Å². The normalized spacial score (nSPS) is 19.8. The molecular formula is C16H25N3O. The molecule has 0 aliphatic carbocycles. The molecule has 110 valence electrons. The maximum absolute atomic E-state index is 12.5. The van der Waals surface area contributed by atoms with E-state index in [0.29, 0.717) is 11.6 Å². The van der Waals surface area contributed by atoms with Crippen molar-refractivity contribution in [2.45, 2.75) is 33.1 Å². The van der Waals surface area contributed by atoms with Crippen molar-refractivity contribution >= 4 is 11.6 Å². The van der Waals surface area contributed by atoms with Gasteiger partial charge in [0.15, 0.2) is 0 Å². The van der Waals surface area contributed by atoms with Crippen LogP contribution in [0.3, 0.4) is 0 Å². The van der Waals surface area contributed by atoms with E-state index in [9.17, 15) is 4.79 Å². The summed E-state index contributed by atoms with van der Waals surface area (Å²) in [6, 6.07) is 3.70. The third kappa shape index (κ3) is 3.50. The molecule has 0 spiro atoms. The lowest BCUT2D eigenvalue weighted by Gasteiger charge is -2.21. The van der Waals surface area contributed by atoms with E-state index in [1.54, 1.807) is 12.3 Å². The highest BCUT2D eigenvalue weighted by Gasteiger charge is 2.23. The maximum Gasteiger partial charge on any atom is 0.272 e. The molecule has 1 aliphatic heterocycles. The predicted octanol–water partition coefficient (Wildman–Crippen LogP) is 3.02.